The molecule has 0 saturated heterocycles. The lowest BCUT2D eigenvalue weighted by atomic mass is 10.1. The molecule has 0 N–H and O–H groups in total. The van der Waals surface area contributed by atoms with Crippen LogP contribution >= 0.6 is 11.3 Å². The molecule has 78 valence electrons. The highest BCUT2D eigenvalue weighted by molar-refractivity contribution is 7.10. The summed E-state index contributed by atoms with van der Waals surface area (Å²) in [7, 11) is 0. The van der Waals surface area contributed by atoms with Gasteiger partial charge in [0.15, 0.2) is 6.29 Å². The molecule has 0 radical (unpaired) electrons. The van der Waals surface area contributed by atoms with Crippen molar-refractivity contribution in [3.63, 3.8) is 0 Å². The van der Waals surface area contributed by atoms with Crippen molar-refractivity contribution in [2.45, 2.75) is 6.92 Å². The first-order valence-corrected chi connectivity index (χ1v) is 5.79. The van der Waals surface area contributed by atoms with Gasteiger partial charge in [-0.05, 0) is 30.0 Å². The standard InChI is InChI=1S/C14H10OS/c1-11-4-5-13(10-15)12(9-11)6-7-14-3-2-8-16-14/h2-5,8-10H,1H3. The Morgan fingerprint density at radius 3 is 2.81 bits per heavy atom. The van der Waals surface area contributed by atoms with Crippen LogP contribution in [-0.4, -0.2) is 6.29 Å². The van der Waals surface area contributed by atoms with Crippen LogP contribution in [-0.2, 0) is 0 Å². The monoisotopic (exact) mass is 226 g/mol. The number of hydrogen-bond donors (Lipinski definition) is 0. The molecule has 0 atom stereocenters. The van der Waals surface area contributed by atoms with Crippen LogP contribution in [0.3, 0.4) is 0 Å². The summed E-state index contributed by atoms with van der Waals surface area (Å²) < 4.78 is 0. The molecule has 0 bridgehead atoms. The predicted octanol–water partition coefficient (Wildman–Crippen LogP) is 3.27. The highest BCUT2D eigenvalue weighted by Gasteiger charge is 1.98. The van der Waals surface area contributed by atoms with E-state index >= 15 is 0 Å². The van der Waals surface area contributed by atoms with Crippen LogP contribution < -0.4 is 0 Å². The van der Waals surface area contributed by atoms with Gasteiger partial charge in [-0.2, -0.15) is 0 Å². The van der Waals surface area contributed by atoms with E-state index in [4.69, 9.17) is 0 Å². The van der Waals surface area contributed by atoms with Gasteiger partial charge >= 0.3 is 0 Å². The zero-order valence-electron chi connectivity index (χ0n) is 8.86. The van der Waals surface area contributed by atoms with Crippen LogP contribution in [0.5, 0.6) is 0 Å². The molecule has 2 aromatic rings. The number of aryl methyl sites for hydroxylation is 1. The van der Waals surface area contributed by atoms with Gasteiger partial charge in [0.1, 0.15) is 0 Å². The van der Waals surface area contributed by atoms with Crippen molar-refractivity contribution in [1.82, 2.24) is 0 Å². The van der Waals surface area contributed by atoms with Crippen molar-refractivity contribution < 1.29 is 4.79 Å². The molecule has 0 aliphatic carbocycles. The van der Waals surface area contributed by atoms with E-state index in [1.165, 1.54) is 0 Å². The van der Waals surface area contributed by atoms with Gasteiger partial charge in [-0.15, -0.1) is 11.3 Å². The normalized spacial score (nSPS) is 9.31. The van der Waals surface area contributed by atoms with E-state index in [2.05, 4.69) is 11.8 Å². The van der Waals surface area contributed by atoms with E-state index in [0.717, 1.165) is 22.3 Å². The van der Waals surface area contributed by atoms with E-state index in [1.54, 1.807) is 17.4 Å². The number of aldehydes is 1. The number of carbonyl (C=O) groups excluding carboxylic acids is 1. The van der Waals surface area contributed by atoms with Crippen LogP contribution in [0.25, 0.3) is 0 Å². The minimum atomic E-state index is 0.648. The van der Waals surface area contributed by atoms with E-state index in [1.807, 2.05) is 36.6 Å². The Labute approximate surface area is 98.7 Å². The van der Waals surface area contributed by atoms with E-state index in [9.17, 15) is 4.79 Å². The number of carbonyl (C=O) groups is 1. The first-order valence-electron chi connectivity index (χ1n) is 4.91. The lowest BCUT2D eigenvalue weighted by Gasteiger charge is -1.97. The molecule has 1 nitrogen and oxygen atoms in total. The molecule has 16 heavy (non-hydrogen) atoms. The fourth-order valence-electron chi connectivity index (χ4n) is 1.36. The Bertz CT molecular complexity index is 556. The molecule has 2 heteroatoms. The van der Waals surface area contributed by atoms with Crippen molar-refractivity contribution in [2.75, 3.05) is 0 Å². The quantitative estimate of drug-likeness (QED) is 0.539. The second kappa shape index (κ2) is 4.78. The van der Waals surface area contributed by atoms with E-state index in [0.29, 0.717) is 5.56 Å². The van der Waals surface area contributed by atoms with Gasteiger partial charge in [0, 0.05) is 11.1 Å². The van der Waals surface area contributed by atoms with Gasteiger partial charge < -0.3 is 0 Å². The van der Waals surface area contributed by atoms with Crippen molar-refractivity contribution in [1.29, 1.82) is 0 Å². The second-order valence-corrected chi connectivity index (χ2v) is 4.38. The van der Waals surface area contributed by atoms with E-state index in [-0.39, 0.29) is 0 Å². The minimum absolute atomic E-state index is 0.648. The maximum atomic E-state index is 10.8. The Morgan fingerprint density at radius 2 is 2.12 bits per heavy atom. The fourth-order valence-corrected chi connectivity index (χ4v) is 1.93. The van der Waals surface area contributed by atoms with Crippen LogP contribution in [0, 0.1) is 18.8 Å². The molecular weight excluding hydrogens is 216 g/mol. The van der Waals surface area contributed by atoms with Gasteiger partial charge in [0.05, 0.1) is 4.88 Å². The van der Waals surface area contributed by atoms with Crippen molar-refractivity contribution in [3.05, 3.63) is 57.3 Å². The van der Waals surface area contributed by atoms with Gasteiger partial charge in [-0.1, -0.05) is 30.0 Å². The molecule has 0 spiro atoms. The third-order valence-electron chi connectivity index (χ3n) is 2.18. The SMILES string of the molecule is Cc1ccc(C=O)c(C#Cc2cccs2)c1. The number of thiophene rings is 1. The molecule has 2 rings (SSSR count). The summed E-state index contributed by atoms with van der Waals surface area (Å²) in [5.74, 6) is 6.09. The Hall–Kier alpha value is -1.85. The molecule has 1 aromatic carbocycles. The van der Waals surface area contributed by atoms with Crippen LogP contribution in [0.2, 0.25) is 0 Å². The largest absolute Gasteiger partial charge is 0.298 e. The van der Waals surface area contributed by atoms with Gasteiger partial charge in [0.2, 0.25) is 0 Å². The molecule has 0 fully saturated rings. The first kappa shape index (κ1) is 10.7. The van der Waals surface area contributed by atoms with Crippen LogP contribution in [0.4, 0.5) is 0 Å². The molecule has 0 saturated carbocycles. The molecule has 0 unspecified atom stereocenters. The summed E-state index contributed by atoms with van der Waals surface area (Å²) in [5, 5.41) is 1.99. The Kier molecular flexibility index (Phi) is 3.19. The van der Waals surface area contributed by atoms with Crippen molar-refractivity contribution in [2.24, 2.45) is 0 Å². The van der Waals surface area contributed by atoms with Gasteiger partial charge in [0.25, 0.3) is 0 Å². The first-order chi connectivity index (χ1) is 7.79. The summed E-state index contributed by atoms with van der Waals surface area (Å²) in [4.78, 5) is 11.8. The average molecular weight is 226 g/mol. The van der Waals surface area contributed by atoms with Crippen LogP contribution in [0.15, 0.2) is 35.7 Å². The lowest BCUT2D eigenvalue weighted by molar-refractivity contribution is 0.112. The lowest BCUT2D eigenvalue weighted by Crippen LogP contribution is -1.88. The molecule has 0 amide bonds. The maximum Gasteiger partial charge on any atom is 0.151 e. The van der Waals surface area contributed by atoms with E-state index < -0.39 is 0 Å². The molecule has 1 aromatic heterocycles. The number of hydrogen-bond acceptors (Lipinski definition) is 2. The molecule has 1 heterocycles. The number of benzene rings is 1. The van der Waals surface area contributed by atoms with Gasteiger partial charge in [-0.3, -0.25) is 4.79 Å². The minimum Gasteiger partial charge on any atom is -0.298 e. The Morgan fingerprint density at radius 1 is 1.25 bits per heavy atom. The zero-order valence-corrected chi connectivity index (χ0v) is 9.67. The summed E-state index contributed by atoms with van der Waals surface area (Å²) in [6, 6.07) is 9.59. The average Bonchev–Trinajstić information content (AvgIpc) is 2.79. The van der Waals surface area contributed by atoms with Gasteiger partial charge in [-0.25, -0.2) is 0 Å². The second-order valence-electron chi connectivity index (χ2n) is 3.44. The predicted molar refractivity (Wildman–Crippen MR) is 66.9 cm³/mol. The highest BCUT2D eigenvalue weighted by Crippen LogP contribution is 2.10. The van der Waals surface area contributed by atoms with Crippen LogP contribution in [0.1, 0.15) is 26.4 Å². The maximum absolute atomic E-state index is 10.8. The summed E-state index contributed by atoms with van der Waals surface area (Å²) in [6.45, 7) is 1.99. The molecule has 0 aliphatic rings. The fraction of sp³-hybridized carbons (Fsp3) is 0.0714. The smallest absolute Gasteiger partial charge is 0.151 e. The summed E-state index contributed by atoms with van der Waals surface area (Å²) in [5.41, 5.74) is 2.55. The topological polar surface area (TPSA) is 17.1 Å². The third-order valence-corrected chi connectivity index (χ3v) is 2.96. The molecule has 0 aliphatic heterocycles. The zero-order chi connectivity index (χ0) is 11.4. The highest BCUT2D eigenvalue weighted by atomic mass is 32.1. The third kappa shape index (κ3) is 2.39. The molecular formula is C14H10OS. The Balaban J connectivity index is 2.40. The summed E-state index contributed by atoms with van der Waals surface area (Å²) in [6.07, 6.45) is 0.845. The van der Waals surface area contributed by atoms with Crippen molar-refractivity contribution >= 4 is 17.6 Å². The van der Waals surface area contributed by atoms with Crippen molar-refractivity contribution in [3.8, 4) is 11.8 Å². The summed E-state index contributed by atoms with van der Waals surface area (Å²) >= 11 is 1.60. The number of rotatable bonds is 1.